The molecule has 0 aliphatic heterocycles. The van der Waals surface area contributed by atoms with Crippen molar-refractivity contribution in [3.63, 3.8) is 0 Å². The van der Waals surface area contributed by atoms with Gasteiger partial charge in [0.15, 0.2) is 11.9 Å². The Morgan fingerprint density at radius 3 is 0.966 bits per heavy atom. The van der Waals surface area contributed by atoms with E-state index in [9.17, 15) is 47.9 Å². The first-order valence-electron chi connectivity index (χ1n) is 31.4. The highest BCUT2D eigenvalue weighted by molar-refractivity contribution is 5.98. The maximum Gasteiger partial charge on any atom is 0.243 e. The maximum absolute atomic E-state index is 14.5. The summed E-state index contributed by atoms with van der Waals surface area (Å²) >= 11 is 0. The van der Waals surface area contributed by atoms with Crippen LogP contribution in [0, 0.1) is 17.7 Å². The third kappa shape index (κ3) is 33.2. The number of guanidine groups is 2. The van der Waals surface area contributed by atoms with Crippen LogP contribution >= 0.6 is 0 Å². The van der Waals surface area contributed by atoms with Gasteiger partial charge in [-0.05, 0) is 76.7 Å². The number of carbonyl (C=O) groups is 10. The molecule has 10 amide bonds. The molecule has 0 aliphatic rings. The fraction of sp³-hybridized carbons (Fsp3) is 0.700. The molecule has 0 saturated carbocycles. The van der Waals surface area contributed by atoms with Crippen LogP contribution in [0.4, 0.5) is 0 Å². The summed E-state index contributed by atoms with van der Waals surface area (Å²) in [5, 5.41) is 45.0. The smallest absolute Gasteiger partial charge is 0.243 e. The SMILES string of the molecule is CCCC[C@H](NC(=O)[C@H](CCCC)NC(=O)[C@H](CCCC)NC(=O)[C@H](CCCNC(=N)N)NC(=O)[C@H](CCCC)NC(=O)[C@H](CCCC)NC(=O)[C@H](CCCC)NC(=O)[C@@H](N)CCCNC(=N)N)C(=O)NCC(=O)N[C@@H](Cc1ccc(C)cc1)C(N)=O. The van der Waals surface area contributed by atoms with Gasteiger partial charge < -0.3 is 81.4 Å². The third-order valence-corrected chi connectivity index (χ3v) is 14.5. The molecule has 27 nitrogen and oxygen atoms in total. The van der Waals surface area contributed by atoms with E-state index in [0.717, 1.165) is 11.1 Å². The fourth-order valence-corrected chi connectivity index (χ4v) is 9.17. The summed E-state index contributed by atoms with van der Waals surface area (Å²) in [5.41, 5.74) is 24.4. The van der Waals surface area contributed by atoms with Crippen LogP contribution < -0.4 is 81.4 Å². The lowest BCUT2D eigenvalue weighted by Crippen LogP contribution is -2.60. The molecule has 21 N–H and O–H groups in total. The van der Waals surface area contributed by atoms with E-state index in [2.05, 4.69) is 58.5 Å². The van der Waals surface area contributed by atoms with Gasteiger partial charge in [-0.3, -0.25) is 58.8 Å². The normalized spacial score (nSPS) is 14.1. The Kier molecular flexibility index (Phi) is 39.9. The second kappa shape index (κ2) is 44.8. The van der Waals surface area contributed by atoms with E-state index in [-0.39, 0.29) is 82.7 Å². The Morgan fingerprint density at radius 2 is 0.667 bits per heavy atom. The van der Waals surface area contributed by atoms with Crippen molar-refractivity contribution < 1.29 is 47.9 Å². The minimum absolute atomic E-state index is 0.00299. The number of hydrogen-bond donors (Lipinski definition) is 17. The van der Waals surface area contributed by atoms with Crippen LogP contribution in [0.5, 0.6) is 0 Å². The molecule has 87 heavy (non-hydrogen) atoms. The summed E-state index contributed by atoms with van der Waals surface area (Å²) in [4.78, 5) is 138. The van der Waals surface area contributed by atoms with Gasteiger partial charge in [-0.25, -0.2) is 0 Å². The van der Waals surface area contributed by atoms with E-state index in [1.165, 1.54) is 0 Å². The molecule has 27 heteroatoms. The molecule has 0 spiro atoms. The molecule has 492 valence electrons. The van der Waals surface area contributed by atoms with E-state index in [0.29, 0.717) is 90.0 Å². The largest absolute Gasteiger partial charge is 0.370 e. The molecule has 0 heterocycles. The van der Waals surface area contributed by atoms with E-state index in [1.807, 2.05) is 72.7 Å². The number of nitrogens with two attached hydrogens (primary N) is 4. The molecule has 0 fully saturated rings. The van der Waals surface area contributed by atoms with Crippen LogP contribution in [0.2, 0.25) is 0 Å². The van der Waals surface area contributed by atoms with E-state index in [4.69, 9.17) is 33.8 Å². The van der Waals surface area contributed by atoms with E-state index >= 15 is 0 Å². The Bertz CT molecular complexity index is 2330. The molecule has 0 aliphatic carbocycles. The van der Waals surface area contributed by atoms with Crippen molar-refractivity contribution in [2.45, 2.75) is 251 Å². The zero-order valence-corrected chi connectivity index (χ0v) is 52.8. The summed E-state index contributed by atoms with van der Waals surface area (Å²) < 4.78 is 0. The molecule has 0 bridgehead atoms. The summed E-state index contributed by atoms with van der Waals surface area (Å²) in [5.74, 6) is -7.24. The summed E-state index contributed by atoms with van der Waals surface area (Å²) in [6.07, 6.45) is 9.23. The van der Waals surface area contributed by atoms with Gasteiger partial charge in [0.2, 0.25) is 59.1 Å². The maximum atomic E-state index is 14.5. The van der Waals surface area contributed by atoms with Gasteiger partial charge in [-0.1, -0.05) is 148 Å². The average molecular weight is 1230 g/mol. The molecule has 0 radical (unpaired) electrons. The minimum atomic E-state index is -1.28. The van der Waals surface area contributed by atoms with Crippen molar-refractivity contribution in [3.8, 4) is 0 Å². The summed E-state index contributed by atoms with van der Waals surface area (Å²) in [6.45, 7) is 13.3. The standard InChI is InChI=1S/C60H107N17O10/c1-8-14-23-41(52(81)69-37-49(78)70-48(50(62)79)36-39-32-30-38(7)31-33-39)72-54(83)43(25-16-10-3)74-56(85)45(27-18-12-5)76-58(87)47(29-21-35-68-60(65)66)77-57(86)46(28-19-13-6)75-55(84)44(26-17-11-4)73-53(82)42(24-15-9-2)71-51(80)40(61)22-20-34-67-59(63)64/h30-33,40-48H,8-29,34-37,61H2,1-7H3,(H2,62,79)(H,69,81)(H,70,78)(H,71,80)(H,72,83)(H,73,82)(H,74,85)(H,75,84)(H,76,87)(H,77,86)(H4,63,64,67)(H4,65,66,68)/t40-,41-,42-,43-,44-,45-,46-,47-,48-/m0/s1. The molecule has 0 unspecified atom stereocenters. The predicted octanol–water partition coefficient (Wildman–Crippen LogP) is 1.01. The monoisotopic (exact) mass is 1230 g/mol. The van der Waals surface area contributed by atoms with Crippen LogP contribution in [0.15, 0.2) is 24.3 Å². The van der Waals surface area contributed by atoms with Crippen molar-refractivity contribution in [2.24, 2.45) is 22.9 Å². The Labute approximate surface area is 515 Å². The zero-order chi connectivity index (χ0) is 65.3. The van der Waals surface area contributed by atoms with Gasteiger partial charge in [0.05, 0.1) is 12.6 Å². The number of rotatable bonds is 47. The quantitative estimate of drug-likeness (QED) is 0.0246. The zero-order valence-electron chi connectivity index (χ0n) is 52.8. The van der Waals surface area contributed by atoms with E-state index in [1.54, 1.807) is 0 Å². The molecule has 1 aromatic carbocycles. The number of nitrogens with one attached hydrogen (secondary N) is 13. The highest BCUT2D eigenvalue weighted by atomic mass is 16.2. The second-order valence-corrected chi connectivity index (χ2v) is 22.3. The molecular weight excluding hydrogens is 1120 g/mol. The van der Waals surface area contributed by atoms with Crippen molar-refractivity contribution in [1.82, 2.24) is 58.5 Å². The first kappa shape index (κ1) is 77.4. The average Bonchev–Trinajstić information content (AvgIpc) is 3.37. The topological polar surface area (TPSA) is 455 Å². The van der Waals surface area contributed by atoms with Crippen LogP contribution in [-0.4, -0.2) is 145 Å². The van der Waals surface area contributed by atoms with Gasteiger partial charge in [-0.2, -0.15) is 0 Å². The molecule has 0 saturated heterocycles. The number of benzene rings is 1. The minimum Gasteiger partial charge on any atom is -0.370 e. The number of hydrogen-bond acceptors (Lipinski definition) is 13. The number of carbonyl (C=O) groups excluding carboxylic acids is 10. The number of unbranched alkanes of at least 4 members (excludes halogenated alkanes) is 6. The number of primary amides is 1. The van der Waals surface area contributed by atoms with Crippen LogP contribution in [0.25, 0.3) is 0 Å². The molecule has 9 atom stereocenters. The van der Waals surface area contributed by atoms with Crippen molar-refractivity contribution in [3.05, 3.63) is 35.4 Å². The highest BCUT2D eigenvalue weighted by Crippen LogP contribution is 2.13. The Hall–Kier alpha value is -7.58. The molecule has 1 aromatic rings. The van der Waals surface area contributed by atoms with Crippen LogP contribution in [0.3, 0.4) is 0 Å². The van der Waals surface area contributed by atoms with Gasteiger partial charge >= 0.3 is 0 Å². The lowest BCUT2D eigenvalue weighted by Gasteiger charge is -2.28. The Balaban J connectivity index is 3.44. The molecule has 0 aromatic heterocycles. The number of aryl methyl sites for hydroxylation is 1. The fourth-order valence-electron chi connectivity index (χ4n) is 9.17. The van der Waals surface area contributed by atoms with Gasteiger partial charge in [-0.15, -0.1) is 0 Å². The Morgan fingerprint density at radius 1 is 0.379 bits per heavy atom. The van der Waals surface area contributed by atoms with Crippen LogP contribution in [-0.2, 0) is 54.4 Å². The van der Waals surface area contributed by atoms with Gasteiger partial charge in [0.25, 0.3) is 0 Å². The molecule has 1 rings (SSSR count). The summed E-state index contributed by atoms with van der Waals surface area (Å²) in [6, 6.07) is -2.70. The van der Waals surface area contributed by atoms with E-state index < -0.39 is 120 Å². The number of amides is 10. The summed E-state index contributed by atoms with van der Waals surface area (Å²) in [7, 11) is 0. The molecular formula is C60H107N17O10. The lowest BCUT2D eigenvalue weighted by atomic mass is 10.0. The van der Waals surface area contributed by atoms with Crippen molar-refractivity contribution in [1.29, 1.82) is 10.8 Å². The van der Waals surface area contributed by atoms with Crippen molar-refractivity contribution >= 4 is 71.0 Å². The predicted molar refractivity (Wildman–Crippen MR) is 336 cm³/mol. The lowest BCUT2D eigenvalue weighted by molar-refractivity contribution is -0.136. The second-order valence-electron chi connectivity index (χ2n) is 22.3. The van der Waals surface area contributed by atoms with Crippen LogP contribution in [0.1, 0.15) is 194 Å². The van der Waals surface area contributed by atoms with Gasteiger partial charge in [0.1, 0.15) is 48.3 Å². The van der Waals surface area contributed by atoms with Gasteiger partial charge in [0, 0.05) is 19.5 Å². The third-order valence-electron chi connectivity index (χ3n) is 14.5. The van der Waals surface area contributed by atoms with Crippen molar-refractivity contribution in [2.75, 3.05) is 19.6 Å². The first-order chi connectivity index (χ1) is 41.4. The first-order valence-corrected chi connectivity index (χ1v) is 31.4. The highest BCUT2D eigenvalue weighted by Gasteiger charge is 2.34.